The Kier molecular flexibility index (Phi) is 9.00. The van der Waals surface area contributed by atoms with E-state index < -0.39 is 12.1 Å². The molecule has 1 unspecified atom stereocenters. The van der Waals surface area contributed by atoms with Crippen LogP contribution in [0.15, 0.2) is 12.1 Å². The number of hydrogen-bond donors (Lipinski definition) is 2. The van der Waals surface area contributed by atoms with E-state index in [9.17, 15) is 14.4 Å². The van der Waals surface area contributed by atoms with Crippen molar-refractivity contribution in [2.24, 2.45) is 0 Å². The molecule has 2 saturated heterocycles. The van der Waals surface area contributed by atoms with Crippen LogP contribution in [0.4, 0.5) is 20.3 Å². The summed E-state index contributed by atoms with van der Waals surface area (Å²) < 4.78 is 35.2. The van der Waals surface area contributed by atoms with Gasteiger partial charge in [0.15, 0.2) is 5.82 Å². The van der Waals surface area contributed by atoms with Gasteiger partial charge in [-0.3, -0.25) is 9.69 Å². The zero-order valence-corrected chi connectivity index (χ0v) is 24.1. The van der Waals surface area contributed by atoms with Gasteiger partial charge in [-0.25, -0.2) is 8.78 Å². The largest absolute Gasteiger partial charge is 0.462 e. The first kappa shape index (κ1) is 29.1. The topological polar surface area (TPSA) is 106 Å². The summed E-state index contributed by atoms with van der Waals surface area (Å²) in [5.41, 5.74) is 3.19. The summed E-state index contributed by atoms with van der Waals surface area (Å²) >= 11 is 0. The number of halogens is 2. The van der Waals surface area contributed by atoms with E-state index in [0.717, 1.165) is 18.4 Å². The number of nitrogens with one attached hydrogen (secondary N) is 2. The standard InChI is InChI=1S/C30H39F2N7O2/c1-4-5-6-22-23(11-18(2)12-25(22)32)24-14-26-27(36-29(24)40)28(39-10-9-34-20(16-39)7-8-33)37-30(35-26)41-17-21-13-19(31)15-38(21)3/h11-12,19-21,24,34H,4-7,9-10,13-17H2,1-3H3,(H,36,40)/t19-,20+,21+,24?/m1/s1. The fraction of sp³-hybridized carbons (Fsp3) is 0.600. The number of nitriles is 1. The van der Waals surface area contributed by atoms with Gasteiger partial charge in [-0.15, -0.1) is 0 Å². The number of amides is 1. The quantitative estimate of drug-likeness (QED) is 0.473. The number of carbonyl (C=O) groups is 1. The highest BCUT2D eigenvalue weighted by molar-refractivity contribution is 6.01. The maximum Gasteiger partial charge on any atom is 0.318 e. The SMILES string of the molecule is CCCCc1c(F)cc(C)cc1C1Cc2nc(OC[C@@H]3C[C@@H](F)CN3C)nc(N3CCN[C@@H](CC#N)C3)c2NC1=O. The first-order valence-corrected chi connectivity index (χ1v) is 14.6. The zero-order valence-electron chi connectivity index (χ0n) is 24.1. The molecule has 41 heavy (non-hydrogen) atoms. The summed E-state index contributed by atoms with van der Waals surface area (Å²) in [4.78, 5) is 27.1. The molecule has 9 nitrogen and oxygen atoms in total. The van der Waals surface area contributed by atoms with Crippen molar-refractivity contribution in [3.63, 3.8) is 0 Å². The number of anilines is 2. The normalized spacial score (nSPS) is 24.6. The molecule has 2 fully saturated rings. The van der Waals surface area contributed by atoms with Crippen molar-refractivity contribution in [2.75, 3.05) is 50.1 Å². The molecule has 220 valence electrons. The smallest absolute Gasteiger partial charge is 0.318 e. The number of aryl methyl sites for hydroxylation is 1. The van der Waals surface area contributed by atoms with Crippen molar-refractivity contribution in [2.45, 2.75) is 76.5 Å². The summed E-state index contributed by atoms with van der Waals surface area (Å²) in [6, 6.07) is 5.70. The Morgan fingerprint density at radius 2 is 2.10 bits per heavy atom. The third kappa shape index (κ3) is 6.44. The van der Waals surface area contributed by atoms with Gasteiger partial charge >= 0.3 is 6.01 Å². The first-order chi connectivity index (χ1) is 19.8. The number of aromatic nitrogens is 2. The van der Waals surface area contributed by atoms with Crippen molar-refractivity contribution in [3.05, 3.63) is 40.3 Å². The molecular formula is C30H39F2N7O2. The zero-order chi connectivity index (χ0) is 29.1. The van der Waals surface area contributed by atoms with Crippen LogP contribution in [0.2, 0.25) is 0 Å². The Balaban J connectivity index is 1.50. The fourth-order valence-electron chi connectivity index (χ4n) is 6.16. The highest BCUT2D eigenvalue weighted by atomic mass is 19.1. The van der Waals surface area contributed by atoms with E-state index in [2.05, 4.69) is 23.6 Å². The second-order valence-corrected chi connectivity index (χ2v) is 11.5. The summed E-state index contributed by atoms with van der Waals surface area (Å²) in [5.74, 6) is -0.562. The van der Waals surface area contributed by atoms with Crippen molar-refractivity contribution in [1.29, 1.82) is 5.26 Å². The van der Waals surface area contributed by atoms with Gasteiger partial charge in [0.05, 0.1) is 24.1 Å². The van der Waals surface area contributed by atoms with Crippen LogP contribution in [0.3, 0.4) is 0 Å². The van der Waals surface area contributed by atoms with E-state index in [-0.39, 0.29) is 42.8 Å². The van der Waals surface area contributed by atoms with E-state index in [1.165, 1.54) is 6.07 Å². The Labute approximate surface area is 240 Å². The van der Waals surface area contributed by atoms with Gasteiger partial charge in [0.2, 0.25) is 5.91 Å². The first-order valence-electron chi connectivity index (χ1n) is 14.6. The molecule has 3 aliphatic heterocycles. The lowest BCUT2D eigenvalue weighted by Gasteiger charge is -2.36. The molecule has 0 aliphatic carbocycles. The number of unbranched alkanes of at least 4 members (excludes halogenated alkanes) is 1. The second-order valence-electron chi connectivity index (χ2n) is 11.5. The van der Waals surface area contributed by atoms with Crippen LogP contribution in [-0.2, 0) is 17.6 Å². The molecule has 3 aliphatic rings. The number of nitrogens with zero attached hydrogens (tertiary/aromatic N) is 5. The average molecular weight is 568 g/mol. The Hall–Kier alpha value is -3.36. The van der Waals surface area contributed by atoms with Gasteiger partial charge in [0, 0.05) is 44.7 Å². The van der Waals surface area contributed by atoms with E-state index in [1.807, 2.05) is 29.8 Å². The monoisotopic (exact) mass is 567 g/mol. The summed E-state index contributed by atoms with van der Waals surface area (Å²) in [5, 5.41) is 15.7. The Morgan fingerprint density at radius 3 is 2.83 bits per heavy atom. The van der Waals surface area contributed by atoms with Crippen LogP contribution in [-0.4, -0.2) is 78.9 Å². The van der Waals surface area contributed by atoms with Gasteiger partial charge in [-0.05, 0) is 56.0 Å². The van der Waals surface area contributed by atoms with Crippen molar-refractivity contribution >= 4 is 17.4 Å². The third-order valence-electron chi connectivity index (χ3n) is 8.37. The lowest BCUT2D eigenvalue weighted by molar-refractivity contribution is -0.117. The number of ether oxygens (including phenoxy) is 1. The molecule has 0 saturated carbocycles. The number of rotatable bonds is 9. The van der Waals surface area contributed by atoms with Gasteiger partial charge in [-0.2, -0.15) is 15.2 Å². The second kappa shape index (κ2) is 12.7. The predicted octanol–water partition coefficient (Wildman–Crippen LogP) is 3.66. The number of fused-ring (bicyclic) bond motifs is 1. The van der Waals surface area contributed by atoms with E-state index >= 15 is 4.39 Å². The number of carbonyl (C=O) groups excluding carboxylic acids is 1. The van der Waals surface area contributed by atoms with Crippen molar-refractivity contribution in [3.8, 4) is 12.1 Å². The maximum absolute atomic E-state index is 15.1. The van der Waals surface area contributed by atoms with E-state index in [1.54, 1.807) is 0 Å². The lowest BCUT2D eigenvalue weighted by atomic mass is 9.84. The average Bonchev–Trinajstić information content (AvgIpc) is 3.27. The van der Waals surface area contributed by atoms with Gasteiger partial charge < -0.3 is 20.3 Å². The number of benzene rings is 1. The Bertz CT molecular complexity index is 1320. The van der Waals surface area contributed by atoms with E-state index in [4.69, 9.17) is 14.7 Å². The summed E-state index contributed by atoms with van der Waals surface area (Å²) in [6.07, 6.45) is 2.42. The minimum absolute atomic E-state index is 0.0409. The summed E-state index contributed by atoms with van der Waals surface area (Å²) in [7, 11) is 1.88. The highest BCUT2D eigenvalue weighted by Crippen LogP contribution is 2.39. The molecule has 11 heteroatoms. The molecule has 1 amide bonds. The van der Waals surface area contributed by atoms with Crippen LogP contribution >= 0.6 is 0 Å². The van der Waals surface area contributed by atoms with Crippen LogP contribution in [0.5, 0.6) is 6.01 Å². The molecule has 4 heterocycles. The highest BCUT2D eigenvalue weighted by Gasteiger charge is 2.36. The lowest BCUT2D eigenvalue weighted by Crippen LogP contribution is -2.51. The predicted molar refractivity (Wildman–Crippen MR) is 153 cm³/mol. The molecule has 5 rings (SSSR count). The van der Waals surface area contributed by atoms with Crippen molar-refractivity contribution in [1.82, 2.24) is 20.2 Å². The van der Waals surface area contributed by atoms with Crippen LogP contribution in [0, 0.1) is 24.1 Å². The molecule has 4 atom stereocenters. The molecule has 2 N–H and O–H groups in total. The number of alkyl halides is 1. The summed E-state index contributed by atoms with van der Waals surface area (Å²) in [6.45, 7) is 6.33. The number of hydrogen-bond acceptors (Lipinski definition) is 8. The molecule has 0 radical (unpaired) electrons. The van der Waals surface area contributed by atoms with E-state index in [0.29, 0.717) is 73.8 Å². The molecule has 0 spiro atoms. The van der Waals surface area contributed by atoms with Crippen LogP contribution < -0.4 is 20.3 Å². The fourth-order valence-corrected chi connectivity index (χ4v) is 6.16. The third-order valence-corrected chi connectivity index (χ3v) is 8.37. The molecule has 1 aromatic carbocycles. The molecule has 2 aromatic rings. The minimum atomic E-state index is -0.890. The van der Waals surface area contributed by atoms with Crippen LogP contribution in [0.25, 0.3) is 0 Å². The van der Waals surface area contributed by atoms with Crippen LogP contribution in [0.1, 0.15) is 60.9 Å². The minimum Gasteiger partial charge on any atom is -0.462 e. The maximum atomic E-state index is 15.1. The van der Waals surface area contributed by atoms with Crippen molar-refractivity contribution < 1.29 is 18.3 Å². The Morgan fingerprint density at radius 1 is 1.27 bits per heavy atom. The number of likely N-dealkylation sites (tertiary alicyclic amines) is 1. The molecular weight excluding hydrogens is 528 g/mol. The molecule has 1 aromatic heterocycles. The van der Waals surface area contributed by atoms with Gasteiger partial charge in [0.1, 0.15) is 24.3 Å². The molecule has 0 bridgehead atoms. The number of piperazine rings is 1. The van der Waals surface area contributed by atoms with Gasteiger partial charge in [0.25, 0.3) is 0 Å². The van der Waals surface area contributed by atoms with Gasteiger partial charge in [-0.1, -0.05) is 19.4 Å². The number of likely N-dealkylation sites (N-methyl/N-ethyl adjacent to an activating group) is 1.